The molecule has 0 saturated heterocycles. The van der Waals surface area contributed by atoms with E-state index in [1.54, 1.807) is 6.07 Å². The maximum atomic E-state index is 11.4. The van der Waals surface area contributed by atoms with Gasteiger partial charge in [-0.05, 0) is 19.9 Å². The molecule has 5 heteroatoms. The third-order valence-electron chi connectivity index (χ3n) is 1.40. The van der Waals surface area contributed by atoms with Gasteiger partial charge in [-0.2, -0.15) is 0 Å². The van der Waals surface area contributed by atoms with Gasteiger partial charge >= 0.3 is 0 Å². The van der Waals surface area contributed by atoms with Crippen molar-refractivity contribution < 1.29 is 9.63 Å². The Kier molecular flexibility index (Phi) is 3.85. The molecule has 1 heterocycles. The fraction of sp³-hybridized carbons (Fsp3) is 0.333. The molecule has 0 aromatic carbocycles. The molecule has 0 bridgehead atoms. The number of hydrogen-bond acceptors (Lipinski definition) is 3. The third-order valence-corrected chi connectivity index (χ3v) is 1.73. The van der Waals surface area contributed by atoms with Gasteiger partial charge in [0.15, 0.2) is 0 Å². The number of rotatable bonds is 3. The number of nitrogens with zero attached hydrogens (tertiary/aromatic N) is 1. The van der Waals surface area contributed by atoms with Crippen LogP contribution in [0.3, 0.4) is 0 Å². The summed E-state index contributed by atoms with van der Waals surface area (Å²) < 4.78 is 0. The Hall–Kier alpha value is -1.13. The zero-order valence-corrected chi connectivity index (χ0v) is 8.71. The van der Waals surface area contributed by atoms with Crippen molar-refractivity contribution in [1.82, 2.24) is 10.5 Å². The van der Waals surface area contributed by atoms with Crippen molar-refractivity contribution in [3.8, 4) is 0 Å². The smallest absolute Gasteiger partial charge is 0.271 e. The molecule has 4 nitrogen and oxygen atoms in total. The van der Waals surface area contributed by atoms with Crippen molar-refractivity contribution >= 4 is 17.5 Å². The Morgan fingerprint density at radius 2 is 2.36 bits per heavy atom. The van der Waals surface area contributed by atoms with Crippen LogP contribution in [0.1, 0.15) is 24.2 Å². The number of hydrogen-bond donors (Lipinski definition) is 1. The molecule has 1 amide bonds. The first-order chi connectivity index (χ1) is 6.61. The van der Waals surface area contributed by atoms with Crippen LogP contribution in [0.4, 0.5) is 0 Å². The van der Waals surface area contributed by atoms with Crippen LogP contribution in [0.5, 0.6) is 0 Å². The lowest BCUT2D eigenvalue weighted by atomic mass is 10.3. The topological polar surface area (TPSA) is 51.2 Å². The SMILES string of the molecule is CC(C)ONC(=O)c1cnccc1Cl. The van der Waals surface area contributed by atoms with Crippen molar-refractivity contribution in [2.45, 2.75) is 20.0 Å². The lowest BCUT2D eigenvalue weighted by Crippen LogP contribution is -2.27. The molecular weight excluding hydrogens is 204 g/mol. The fourth-order valence-electron chi connectivity index (χ4n) is 0.771. The van der Waals surface area contributed by atoms with Gasteiger partial charge in [-0.1, -0.05) is 11.6 Å². The Morgan fingerprint density at radius 1 is 1.64 bits per heavy atom. The van der Waals surface area contributed by atoms with Crippen LogP contribution in [0, 0.1) is 0 Å². The van der Waals surface area contributed by atoms with Gasteiger partial charge in [0.05, 0.1) is 16.7 Å². The summed E-state index contributed by atoms with van der Waals surface area (Å²) in [6.07, 6.45) is 2.83. The maximum Gasteiger partial charge on any atom is 0.277 e. The Morgan fingerprint density at radius 3 is 2.93 bits per heavy atom. The predicted octanol–water partition coefficient (Wildman–Crippen LogP) is 1.80. The monoisotopic (exact) mass is 214 g/mol. The number of pyridine rings is 1. The molecule has 0 aliphatic rings. The van der Waals surface area contributed by atoms with E-state index in [2.05, 4.69) is 10.5 Å². The maximum absolute atomic E-state index is 11.4. The first-order valence-corrected chi connectivity index (χ1v) is 4.54. The van der Waals surface area contributed by atoms with E-state index < -0.39 is 5.91 Å². The molecule has 0 saturated carbocycles. The van der Waals surface area contributed by atoms with E-state index >= 15 is 0 Å². The van der Waals surface area contributed by atoms with E-state index in [0.29, 0.717) is 10.6 Å². The molecule has 0 atom stereocenters. The average Bonchev–Trinajstić information content (AvgIpc) is 2.15. The first kappa shape index (κ1) is 10.9. The molecule has 0 aliphatic carbocycles. The summed E-state index contributed by atoms with van der Waals surface area (Å²) in [7, 11) is 0. The lowest BCUT2D eigenvalue weighted by Gasteiger charge is -2.08. The fourth-order valence-corrected chi connectivity index (χ4v) is 0.962. The molecule has 0 fully saturated rings. The Bertz CT molecular complexity index is 328. The molecule has 0 radical (unpaired) electrons. The summed E-state index contributed by atoms with van der Waals surface area (Å²) in [6.45, 7) is 3.62. The summed E-state index contributed by atoms with van der Waals surface area (Å²) in [4.78, 5) is 20.1. The molecule has 0 unspecified atom stereocenters. The number of halogens is 1. The summed E-state index contributed by atoms with van der Waals surface area (Å²) in [6, 6.07) is 1.55. The van der Waals surface area contributed by atoms with Gasteiger partial charge in [0.2, 0.25) is 0 Å². The minimum Gasteiger partial charge on any atom is -0.271 e. The first-order valence-electron chi connectivity index (χ1n) is 4.16. The van der Waals surface area contributed by atoms with Gasteiger partial charge < -0.3 is 0 Å². The van der Waals surface area contributed by atoms with Crippen molar-refractivity contribution in [1.29, 1.82) is 0 Å². The van der Waals surface area contributed by atoms with Crippen LogP contribution in [0.25, 0.3) is 0 Å². The largest absolute Gasteiger partial charge is 0.277 e. The van der Waals surface area contributed by atoms with Crippen LogP contribution in [-0.2, 0) is 4.84 Å². The third kappa shape index (κ3) is 2.97. The van der Waals surface area contributed by atoms with E-state index in [1.165, 1.54) is 12.4 Å². The van der Waals surface area contributed by atoms with Gasteiger partial charge in [-0.25, -0.2) is 5.48 Å². The second-order valence-electron chi connectivity index (χ2n) is 2.95. The molecule has 0 aliphatic heterocycles. The quantitative estimate of drug-likeness (QED) is 0.781. The summed E-state index contributed by atoms with van der Waals surface area (Å²) in [5.41, 5.74) is 2.58. The van der Waals surface area contributed by atoms with Crippen LogP contribution < -0.4 is 5.48 Å². The van der Waals surface area contributed by atoms with Crippen LogP contribution >= 0.6 is 11.6 Å². The van der Waals surface area contributed by atoms with Crippen molar-refractivity contribution in [3.63, 3.8) is 0 Å². The zero-order chi connectivity index (χ0) is 10.6. The number of hydroxylamine groups is 1. The van der Waals surface area contributed by atoms with E-state index in [1.807, 2.05) is 13.8 Å². The number of carbonyl (C=O) groups is 1. The Balaban J connectivity index is 2.65. The van der Waals surface area contributed by atoms with Gasteiger partial charge in [0.1, 0.15) is 0 Å². The van der Waals surface area contributed by atoms with E-state index in [-0.39, 0.29) is 6.10 Å². The van der Waals surface area contributed by atoms with Crippen molar-refractivity contribution in [2.24, 2.45) is 0 Å². The highest BCUT2D eigenvalue weighted by Crippen LogP contribution is 2.12. The minimum atomic E-state index is -0.392. The highest BCUT2D eigenvalue weighted by atomic mass is 35.5. The number of amides is 1. The lowest BCUT2D eigenvalue weighted by molar-refractivity contribution is 0.000174. The van der Waals surface area contributed by atoms with E-state index in [4.69, 9.17) is 16.4 Å². The van der Waals surface area contributed by atoms with Gasteiger partial charge in [-0.3, -0.25) is 14.6 Å². The predicted molar refractivity (Wildman–Crippen MR) is 52.9 cm³/mol. The highest BCUT2D eigenvalue weighted by molar-refractivity contribution is 6.33. The zero-order valence-electron chi connectivity index (χ0n) is 7.95. The van der Waals surface area contributed by atoms with E-state index in [0.717, 1.165) is 0 Å². The summed E-state index contributed by atoms with van der Waals surface area (Å²) >= 11 is 5.78. The second-order valence-corrected chi connectivity index (χ2v) is 3.36. The average molecular weight is 215 g/mol. The molecule has 1 rings (SSSR count). The molecule has 76 valence electrons. The second kappa shape index (κ2) is 4.93. The number of aromatic nitrogens is 1. The number of carbonyl (C=O) groups excluding carboxylic acids is 1. The number of nitrogens with one attached hydrogen (secondary N) is 1. The molecule has 1 N–H and O–H groups in total. The van der Waals surface area contributed by atoms with Crippen molar-refractivity contribution in [3.05, 3.63) is 29.0 Å². The van der Waals surface area contributed by atoms with Crippen LogP contribution in [0.2, 0.25) is 5.02 Å². The van der Waals surface area contributed by atoms with E-state index in [9.17, 15) is 4.79 Å². The minimum absolute atomic E-state index is 0.0746. The molecular formula is C9H11ClN2O2. The molecule has 14 heavy (non-hydrogen) atoms. The van der Waals surface area contributed by atoms with Crippen LogP contribution in [-0.4, -0.2) is 17.0 Å². The molecule has 0 spiro atoms. The molecule has 1 aromatic rings. The standard InChI is InChI=1S/C9H11ClN2O2/c1-6(2)14-12-9(13)7-5-11-4-3-8(7)10/h3-6H,1-2H3,(H,12,13). The summed E-state index contributed by atoms with van der Waals surface area (Å²) in [5.74, 6) is -0.392. The summed E-state index contributed by atoms with van der Waals surface area (Å²) in [5, 5.41) is 0.352. The van der Waals surface area contributed by atoms with Gasteiger partial charge in [0.25, 0.3) is 5.91 Å². The van der Waals surface area contributed by atoms with Gasteiger partial charge in [0, 0.05) is 12.4 Å². The van der Waals surface area contributed by atoms with Gasteiger partial charge in [-0.15, -0.1) is 0 Å². The van der Waals surface area contributed by atoms with Crippen LogP contribution in [0.15, 0.2) is 18.5 Å². The molecule has 1 aromatic heterocycles. The highest BCUT2D eigenvalue weighted by Gasteiger charge is 2.10. The normalized spacial score (nSPS) is 10.3. The van der Waals surface area contributed by atoms with Crippen molar-refractivity contribution in [2.75, 3.05) is 0 Å². The Labute approximate surface area is 87.2 Å².